The number of nitrogens with one attached hydrogen (secondary N) is 1. The van der Waals surface area contributed by atoms with Crippen LogP contribution in [0, 0.1) is 0 Å². The van der Waals surface area contributed by atoms with Gasteiger partial charge in [0, 0.05) is 31.6 Å². The van der Waals surface area contributed by atoms with Crippen LogP contribution in [0.2, 0.25) is 0 Å². The van der Waals surface area contributed by atoms with Crippen molar-refractivity contribution in [3.05, 3.63) is 47.8 Å². The number of benzene rings is 2. The zero-order valence-electron chi connectivity index (χ0n) is 24.2. The SMILES string of the molecule is COc1cc(C(=O)NCCCCCc2nc3ccccc3n2CC(=O)N(C)C2CCCCC2)cc(OC)c1OC. The molecule has 3 aromatic rings. The molecule has 0 aliphatic heterocycles. The number of carbonyl (C=O) groups excluding carboxylic acids is 2. The van der Waals surface area contributed by atoms with Crippen LogP contribution in [0.5, 0.6) is 17.2 Å². The standard InChI is InChI=1S/C31H42N4O5/c1-34(23-13-7-5-8-14-23)29(36)21-35-25-16-11-10-15-24(25)33-28(35)17-9-6-12-18-32-31(37)22-19-26(38-2)30(40-4)27(20-22)39-3/h10-11,15-16,19-20,23H,5-9,12-14,17-18,21H2,1-4H3,(H,32,37). The smallest absolute Gasteiger partial charge is 0.251 e. The maximum Gasteiger partial charge on any atom is 0.251 e. The van der Waals surface area contributed by atoms with Crippen molar-refractivity contribution in [3.63, 3.8) is 0 Å². The first-order valence-electron chi connectivity index (χ1n) is 14.2. The molecule has 216 valence electrons. The van der Waals surface area contributed by atoms with E-state index in [0.717, 1.165) is 55.4 Å². The van der Waals surface area contributed by atoms with E-state index in [-0.39, 0.29) is 11.8 Å². The molecule has 0 spiro atoms. The van der Waals surface area contributed by atoms with E-state index in [2.05, 4.69) is 9.88 Å². The van der Waals surface area contributed by atoms with Gasteiger partial charge in [-0.05, 0) is 49.9 Å². The summed E-state index contributed by atoms with van der Waals surface area (Å²) in [4.78, 5) is 32.8. The van der Waals surface area contributed by atoms with Crippen LogP contribution < -0.4 is 19.5 Å². The number of nitrogens with zero attached hydrogens (tertiary/aromatic N) is 3. The number of fused-ring (bicyclic) bond motifs is 1. The third-order valence-corrected chi connectivity index (χ3v) is 7.83. The highest BCUT2D eigenvalue weighted by Gasteiger charge is 2.23. The van der Waals surface area contributed by atoms with Gasteiger partial charge < -0.3 is 29.0 Å². The Labute approximate surface area is 236 Å². The van der Waals surface area contributed by atoms with Crippen LogP contribution in [0.25, 0.3) is 11.0 Å². The molecule has 1 fully saturated rings. The van der Waals surface area contributed by atoms with Crippen molar-refractivity contribution >= 4 is 22.8 Å². The lowest BCUT2D eigenvalue weighted by atomic mass is 9.94. The molecule has 2 amide bonds. The summed E-state index contributed by atoms with van der Waals surface area (Å²) >= 11 is 0. The van der Waals surface area contributed by atoms with Gasteiger partial charge in [-0.2, -0.15) is 0 Å². The number of imidazole rings is 1. The summed E-state index contributed by atoms with van der Waals surface area (Å²) in [5, 5.41) is 2.98. The Hall–Kier alpha value is -3.75. The molecule has 1 aliphatic carbocycles. The molecule has 9 nitrogen and oxygen atoms in total. The molecule has 0 saturated heterocycles. The molecule has 1 saturated carbocycles. The molecule has 40 heavy (non-hydrogen) atoms. The Morgan fingerprint density at radius 2 is 1.68 bits per heavy atom. The molecule has 2 aromatic carbocycles. The lowest BCUT2D eigenvalue weighted by molar-refractivity contribution is -0.133. The highest BCUT2D eigenvalue weighted by molar-refractivity contribution is 5.95. The average Bonchev–Trinajstić information content (AvgIpc) is 3.34. The Kier molecular flexibility index (Phi) is 10.3. The van der Waals surface area contributed by atoms with Crippen LogP contribution in [0.3, 0.4) is 0 Å². The summed E-state index contributed by atoms with van der Waals surface area (Å²) in [6, 6.07) is 11.7. The predicted molar refractivity (Wildman–Crippen MR) is 155 cm³/mol. The normalized spacial score (nSPS) is 13.7. The molecule has 0 bridgehead atoms. The lowest BCUT2D eigenvalue weighted by Gasteiger charge is -2.31. The molecule has 1 aliphatic rings. The predicted octanol–water partition coefficient (Wildman–Crippen LogP) is 5.00. The van der Waals surface area contributed by atoms with E-state index < -0.39 is 0 Å². The van der Waals surface area contributed by atoms with Crippen LogP contribution >= 0.6 is 0 Å². The quantitative estimate of drug-likeness (QED) is 0.301. The van der Waals surface area contributed by atoms with Gasteiger partial charge in [-0.1, -0.05) is 37.8 Å². The molecule has 0 radical (unpaired) electrons. The summed E-state index contributed by atoms with van der Waals surface area (Å²) < 4.78 is 18.1. The Morgan fingerprint density at radius 3 is 2.35 bits per heavy atom. The fourth-order valence-electron chi connectivity index (χ4n) is 5.51. The zero-order valence-corrected chi connectivity index (χ0v) is 24.2. The van der Waals surface area contributed by atoms with E-state index >= 15 is 0 Å². The van der Waals surface area contributed by atoms with Crippen LogP contribution in [0.4, 0.5) is 0 Å². The molecule has 0 unspecified atom stereocenters. The summed E-state index contributed by atoms with van der Waals surface area (Å²) in [5.74, 6) is 2.23. The lowest BCUT2D eigenvalue weighted by Crippen LogP contribution is -2.40. The minimum atomic E-state index is -0.193. The van der Waals surface area contributed by atoms with E-state index in [4.69, 9.17) is 19.2 Å². The van der Waals surface area contributed by atoms with Crippen molar-refractivity contribution in [3.8, 4) is 17.2 Å². The molecule has 1 N–H and O–H groups in total. The topological polar surface area (TPSA) is 94.9 Å². The molecule has 1 aromatic heterocycles. The van der Waals surface area contributed by atoms with E-state index in [9.17, 15) is 9.59 Å². The first-order valence-corrected chi connectivity index (χ1v) is 14.2. The second kappa shape index (κ2) is 14.1. The van der Waals surface area contributed by atoms with Gasteiger partial charge in [-0.25, -0.2) is 4.98 Å². The highest BCUT2D eigenvalue weighted by Crippen LogP contribution is 2.38. The summed E-state index contributed by atoms with van der Waals surface area (Å²) in [5.41, 5.74) is 2.37. The van der Waals surface area contributed by atoms with E-state index in [1.165, 1.54) is 40.6 Å². The molecular formula is C31H42N4O5. The number of amides is 2. The second-order valence-electron chi connectivity index (χ2n) is 10.4. The summed E-state index contributed by atoms with van der Waals surface area (Å²) in [6.45, 7) is 0.865. The number of carbonyl (C=O) groups is 2. The van der Waals surface area contributed by atoms with Gasteiger partial charge in [0.1, 0.15) is 12.4 Å². The number of hydrogen-bond acceptors (Lipinski definition) is 6. The fraction of sp³-hybridized carbons (Fsp3) is 0.516. The number of aromatic nitrogens is 2. The van der Waals surface area contributed by atoms with Gasteiger partial charge in [-0.15, -0.1) is 0 Å². The second-order valence-corrected chi connectivity index (χ2v) is 10.4. The first-order chi connectivity index (χ1) is 19.5. The summed E-state index contributed by atoms with van der Waals surface area (Å²) in [7, 11) is 6.53. The first kappa shape index (κ1) is 29.2. The Balaban J connectivity index is 1.30. The number of aryl methyl sites for hydroxylation is 1. The van der Waals surface area contributed by atoms with Gasteiger partial charge in [0.2, 0.25) is 11.7 Å². The zero-order chi connectivity index (χ0) is 28.5. The van der Waals surface area contributed by atoms with E-state index in [1.54, 1.807) is 12.1 Å². The third kappa shape index (κ3) is 6.87. The van der Waals surface area contributed by atoms with Crippen molar-refractivity contribution in [2.24, 2.45) is 0 Å². The van der Waals surface area contributed by atoms with Crippen molar-refractivity contribution in [1.29, 1.82) is 0 Å². The van der Waals surface area contributed by atoms with Crippen LogP contribution in [-0.4, -0.2) is 67.2 Å². The molecule has 9 heteroatoms. The highest BCUT2D eigenvalue weighted by atomic mass is 16.5. The molecular weight excluding hydrogens is 508 g/mol. The maximum atomic E-state index is 13.2. The number of methoxy groups -OCH3 is 3. The monoisotopic (exact) mass is 550 g/mol. The third-order valence-electron chi connectivity index (χ3n) is 7.83. The number of para-hydroxylation sites is 2. The van der Waals surface area contributed by atoms with Gasteiger partial charge in [0.15, 0.2) is 11.5 Å². The van der Waals surface area contributed by atoms with Gasteiger partial charge in [0.05, 0.1) is 32.4 Å². The van der Waals surface area contributed by atoms with Crippen LogP contribution in [0.15, 0.2) is 36.4 Å². The van der Waals surface area contributed by atoms with E-state index in [0.29, 0.717) is 41.9 Å². The summed E-state index contributed by atoms with van der Waals surface area (Å²) in [6.07, 6.45) is 9.30. The maximum absolute atomic E-state index is 13.2. The number of likely N-dealkylation sites (N-methyl/N-ethyl adjacent to an activating group) is 1. The Bertz CT molecular complexity index is 1270. The van der Waals surface area contributed by atoms with Crippen molar-refractivity contribution in [1.82, 2.24) is 19.8 Å². The van der Waals surface area contributed by atoms with Crippen molar-refractivity contribution in [2.45, 2.75) is 70.4 Å². The minimum Gasteiger partial charge on any atom is -0.493 e. The number of unbranched alkanes of at least 4 members (excludes halogenated alkanes) is 2. The molecule has 4 rings (SSSR count). The number of rotatable bonds is 13. The van der Waals surface area contributed by atoms with Crippen molar-refractivity contribution < 1.29 is 23.8 Å². The Morgan fingerprint density at radius 1 is 0.975 bits per heavy atom. The average molecular weight is 551 g/mol. The van der Waals surface area contributed by atoms with Gasteiger partial charge in [-0.3, -0.25) is 9.59 Å². The van der Waals surface area contributed by atoms with Gasteiger partial charge in [0.25, 0.3) is 5.91 Å². The van der Waals surface area contributed by atoms with E-state index in [1.807, 2.05) is 36.2 Å². The van der Waals surface area contributed by atoms with Crippen LogP contribution in [-0.2, 0) is 17.8 Å². The fourth-order valence-corrected chi connectivity index (χ4v) is 5.51. The number of ether oxygens (including phenoxy) is 3. The largest absolute Gasteiger partial charge is 0.493 e. The molecule has 1 heterocycles. The molecule has 0 atom stereocenters. The van der Waals surface area contributed by atoms with Crippen LogP contribution in [0.1, 0.15) is 67.5 Å². The van der Waals surface area contributed by atoms with Crippen molar-refractivity contribution in [2.75, 3.05) is 34.9 Å². The number of hydrogen-bond donors (Lipinski definition) is 1. The van der Waals surface area contributed by atoms with Gasteiger partial charge >= 0.3 is 0 Å². The minimum absolute atomic E-state index is 0.144.